The average Bonchev–Trinajstić information content (AvgIpc) is 2.77. The minimum atomic E-state index is 0.0674. The van der Waals surface area contributed by atoms with Gasteiger partial charge in [-0.25, -0.2) is 0 Å². The third-order valence-electron chi connectivity index (χ3n) is 8.64. The molecular formula is C26H35NO2. The number of hydrogen-bond donors (Lipinski definition) is 0. The summed E-state index contributed by atoms with van der Waals surface area (Å²) in [4.78, 5) is 15.6. The molecule has 1 aliphatic heterocycles. The molecule has 0 N–H and O–H groups in total. The minimum absolute atomic E-state index is 0.0674. The first-order valence-electron chi connectivity index (χ1n) is 11.8. The van der Waals surface area contributed by atoms with Crippen LogP contribution in [0.1, 0.15) is 75.3 Å². The lowest BCUT2D eigenvalue weighted by molar-refractivity contribution is -0.130. The molecule has 0 radical (unpaired) electrons. The molecule has 156 valence electrons. The first kappa shape index (κ1) is 19.2. The zero-order valence-electron chi connectivity index (χ0n) is 18.1. The molecule has 2 fully saturated rings. The smallest absolute Gasteiger partial charge is 0.250 e. The van der Waals surface area contributed by atoms with Gasteiger partial charge < -0.3 is 9.64 Å². The van der Waals surface area contributed by atoms with Gasteiger partial charge in [0.1, 0.15) is 5.75 Å². The summed E-state index contributed by atoms with van der Waals surface area (Å²) < 4.78 is 5.47. The minimum Gasteiger partial charge on any atom is -0.497 e. The number of piperidine rings is 1. The lowest BCUT2D eigenvalue weighted by Gasteiger charge is -2.54. The van der Waals surface area contributed by atoms with Crippen molar-refractivity contribution in [2.75, 3.05) is 20.2 Å². The zero-order valence-corrected chi connectivity index (χ0v) is 18.1. The largest absolute Gasteiger partial charge is 0.497 e. The molecule has 3 aliphatic carbocycles. The Hall–Kier alpha value is -1.77. The third kappa shape index (κ3) is 3.12. The average molecular weight is 394 g/mol. The van der Waals surface area contributed by atoms with Gasteiger partial charge in [0.15, 0.2) is 0 Å². The van der Waals surface area contributed by atoms with Crippen LogP contribution in [0.4, 0.5) is 0 Å². The molecule has 4 atom stereocenters. The van der Waals surface area contributed by atoms with Gasteiger partial charge in [-0.1, -0.05) is 19.1 Å². The molecule has 1 aromatic rings. The Balaban J connectivity index is 1.42. The number of carbonyl (C=O) groups is 1. The van der Waals surface area contributed by atoms with Crippen molar-refractivity contribution < 1.29 is 9.53 Å². The van der Waals surface area contributed by atoms with E-state index < -0.39 is 0 Å². The van der Waals surface area contributed by atoms with Crippen molar-refractivity contribution in [2.24, 2.45) is 17.3 Å². The number of aryl methyl sites for hydroxylation is 1. The number of nitrogens with zero attached hydrogens (tertiary/aromatic N) is 1. The van der Waals surface area contributed by atoms with E-state index in [0.717, 1.165) is 43.7 Å². The van der Waals surface area contributed by atoms with E-state index in [4.69, 9.17) is 4.74 Å². The van der Waals surface area contributed by atoms with Crippen LogP contribution in [0.5, 0.6) is 5.75 Å². The Morgan fingerprint density at radius 2 is 1.97 bits per heavy atom. The summed E-state index contributed by atoms with van der Waals surface area (Å²) in [5.74, 6) is 3.36. The predicted molar refractivity (Wildman–Crippen MR) is 116 cm³/mol. The van der Waals surface area contributed by atoms with Crippen LogP contribution in [0, 0.1) is 17.3 Å². The molecule has 5 rings (SSSR count). The molecular weight excluding hydrogens is 358 g/mol. The molecule has 4 aliphatic rings. The van der Waals surface area contributed by atoms with Crippen LogP contribution in [0.3, 0.4) is 0 Å². The number of benzene rings is 1. The summed E-state index contributed by atoms with van der Waals surface area (Å²) in [7, 11) is 1.76. The maximum absolute atomic E-state index is 13.5. The number of carbonyl (C=O) groups excluding carboxylic acids is 1. The molecule has 29 heavy (non-hydrogen) atoms. The summed E-state index contributed by atoms with van der Waals surface area (Å²) in [5, 5.41) is 0. The number of allylic oxidation sites excluding steroid dienone is 1. The highest BCUT2D eigenvalue weighted by Gasteiger charge is 2.52. The number of amides is 1. The van der Waals surface area contributed by atoms with Gasteiger partial charge in [-0.3, -0.25) is 4.79 Å². The highest BCUT2D eigenvalue weighted by molar-refractivity contribution is 5.95. The standard InChI is InChI=1S/C26H35NO2/c1-26-14-13-21-20-12-10-19(29-2)17-18(20)9-11-22(21)23(26)7-6-8-24(26)25(28)27-15-4-3-5-16-27/h8,10,12,17,21-23H,3-7,9,11,13-16H2,1-2H3/t21-,22-,23+,26-/m1/s1. The van der Waals surface area contributed by atoms with Gasteiger partial charge in [0, 0.05) is 24.1 Å². The maximum Gasteiger partial charge on any atom is 0.250 e. The van der Waals surface area contributed by atoms with Gasteiger partial charge in [-0.15, -0.1) is 0 Å². The van der Waals surface area contributed by atoms with E-state index in [1.807, 2.05) is 0 Å². The van der Waals surface area contributed by atoms with E-state index in [1.165, 1.54) is 44.1 Å². The fraction of sp³-hybridized carbons (Fsp3) is 0.654. The first-order valence-corrected chi connectivity index (χ1v) is 11.8. The van der Waals surface area contributed by atoms with Crippen LogP contribution >= 0.6 is 0 Å². The van der Waals surface area contributed by atoms with Crippen LogP contribution in [0.15, 0.2) is 29.8 Å². The van der Waals surface area contributed by atoms with Crippen LogP contribution in [0.2, 0.25) is 0 Å². The van der Waals surface area contributed by atoms with Crippen molar-refractivity contribution in [1.29, 1.82) is 0 Å². The van der Waals surface area contributed by atoms with Crippen molar-refractivity contribution in [3.05, 3.63) is 41.0 Å². The summed E-state index contributed by atoms with van der Waals surface area (Å²) in [6, 6.07) is 6.72. The predicted octanol–water partition coefficient (Wildman–Crippen LogP) is 5.49. The molecule has 3 nitrogen and oxygen atoms in total. The first-order chi connectivity index (χ1) is 14.1. The highest BCUT2D eigenvalue weighted by Crippen LogP contribution is 2.60. The fourth-order valence-corrected chi connectivity index (χ4v) is 7.11. The van der Waals surface area contributed by atoms with Crippen molar-refractivity contribution in [1.82, 2.24) is 4.90 Å². The number of likely N-dealkylation sites (tertiary alicyclic amines) is 1. The molecule has 0 unspecified atom stereocenters. The number of hydrogen-bond acceptors (Lipinski definition) is 2. The van der Waals surface area contributed by atoms with Crippen molar-refractivity contribution in [2.45, 2.75) is 70.6 Å². The lowest BCUT2D eigenvalue weighted by atomic mass is 9.50. The molecule has 0 bridgehead atoms. The summed E-state index contributed by atoms with van der Waals surface area (Å²) in [6.07, 6.45) is 13.0. The Kier molecular flexibility index (Phi) is 4.96. The SMILES string of the molecule is COc1ccc2c(c1)CC[C@@H]1[C@@H]2CC[C@@]2(C)C(C(=O)N3CCCCC3)=CCC[C@@H]12. The van der Waals surface area contributed by atoms with E-state index >= 15 is 0 Å². The monoisotopic (exact) mass is 393 g/mol. The Morgan fingerprint density at radius 1 is 1.14 bits per heavy atom. The topological polar surface area (TPSA) is 29.5 Å². The second kappa shape index (κ2) is 7.49. The summed E-state index contributed by atoms with van der Waals surface area (Å²) in [5.41, 5.74) is 4.28. The highest BCUT2D eigenvalue weighted by atomic mass is 16.5. The molecule has 1 amide bonds. The summed E-state index contributed by atoms with van der Waals surface area (Å²) in [6.45, 7) is 4.33. The molecule has 1 saturated carbocycles. The normalized spacial score (nSPS) is 33.8. The molecule has 0 spiro atoms. The van der Waals surface area contributed by atoms with Crippen molar-refractivity contribution >= 4 is 5.91 Å². The number of rotatable bonds is 2. The van der Waals surface area contributed by atoms with Gasteiger partial charge in [-0.05, 0) is 98.8 Å². The van der Waals surface area contributed by atoms with E-state index in [1.54, 1.807) is 12.7 Å². The lowest BCUT2D eigenvalue weighted by Crippen LogP contribution is -2.49. The number of fused-ring (bicyclic) bond motifs is 5. The molecule has 1 saturated heterocycles. The van der Waals surface area contributed by atoms with E-state index in [9.17, 15) is 4.79 Å². The molecule has 3 heteroatoms. The maximum atomic E-state index is 13.5. The molecule has 1 aromatic carbocycles. The Morgan fingerprint density at radius 3 is 2.76 bits per heavy atom. The second-order valence-electron chi connectivity index (χ2n) is 9.98. The molecule has 1 heterocycles. The fourth-order valence-electron chi connectivity index (χ4n) is 7.11. The summed E-state index contributed by atoms with van der Waals surface area (Å²) >= 11 is 0. The van der Waals surface area contributed by atoms with Gasteiger partial charge in [0.05, 0.1) is 7.11 Å². The second-order valence-corrected chi connectivity index (χ2v) is 9.98. The van der Waals surface area contributed by atoms with E-state index in [0.29, 0.717) is 23.7 Å². The van der Waals surface area contributed by atoms with Gasteiger partial charge in [-0.2, -0.15) is 0 Å². The van der Waals surface area contributed by atoms with Crippen LogP contribution < -0.4 is 4.74 Å². The molecule has 0 aromatic heterocycles. The zero-order chi connectivity index (χ0) is 20.0. The third-order valence-corrected chi connectivity index (χ3v) is 8.64. The van der Waals surface area contributed by atoms with Gasteiger partial charge in [0.25, 0.3) is 0 Å². The van der Waals surface area contributed by atoms with Gasteiger partial charge in [0.2, 0.25) is 5.91 Å². The van der Waals surface area contributed by atoms with Gasteiger partial charge >= 0.3 is 0 Å². The number of ether oxygens (including phenoxy) is 1. The Bertz CT molecular complexity index is 822. The van der Waals surface area contributed by atoms with E-state index in [2.05, 4.69) is 36.1 Å². The van der Waals surface area contributed by atoms with Crippen LogP contribution in [-0.4, -0.2) is 31.0 Å². The van der Waals surface area contributed by atoms with Crippen molar-refractivity contribution in [3.63, 3.8) is 0 Å². The quantitative estimate of drug-likeness (QED) is 0.665. The Labute approximate surface area is 175 Å². The van der Waals surface area contributed by atoms with Crippen LogP contribution in [0.25, 0.3) is 0 Å². The van der Waals surface area contributed by atoms with Crippen LogP contribution in [-0.2, 0) is 11.2 Å². The van der Waals surface area contributed by atoms with Crippen molar-refractivity contribution in [3.8, 4) is 5.75 Å². The number of methoxy groups -OCH3 is 1. The van der Waals surface area contributed by atoms with E-state index in [-0.39, 0.29) is 5.41 Å².